The largest absolute Gasteiger partial charge is 0.342 e. The molecule has 0 radical (unpaired) electrons. The maximum Gasteiger partial charge on any atom is 0.289 e. The molecule has 1 spiro atoms. The van der Waals surface area contributed by atoms with Gasteiger partial charge in [0.1, 0.15) is 0 Å². The smallest absolute Gasteiger partial charge is 0.289 e. The van der Waals surface area contributed by atoms with Gasteiger partial charge in [-0.15, -0.1) is 0 Å². The molecule has 6 nitrogen and oxygen atoms in total. The van der Waals surface area contributed by atoms with Crippen molar-refractivity contribution < 1.29 is 9.59 Å². The summed E-state index contributed by atoms with van der Waals surface area (Å²) in [5, 5.41) is 0. The van der Waals surface area contributed by atoms with Crippen LogP contribution in [0.2, 0.25) is 0 Å². The Labute approximate surface area is 142 Å². The molecule has 3 fully saturated rings. The topological polar surface area (TPSA) is 58.4 Å². The Morgan fingerprint density at radius 1 is 1.29 bits per heavy atom. The fourth-order valence-corrected chi connectivity index (χ4v) is 4.19. The van der Waals surface area contributed by atoms with Gasteiger partial charge in [-0.2, -0.15) is 0 Å². The fourth-order valence-electron chi connectivity index (χ4n) is 4.19. The minimum Gasteiger partial charge on any atom is -0.342 e. The van der Waals surface area contributed by atoms with Gasteiger partial charge in [0.15, 0.2) is 5.82 Å². The Morgan fingerprint density at radius 3 is 2.67 bits per heavy atom. The number of hydrogen-bond acceptors (Lipinski definition) is 3. The molecule has 0 N–H and O–H groups in total. The lowest BCUT2D eigenvalue weighted by atomic mass is 9.72. The van der Waals surface area contributed by atoms with Crippen LogP contribution in [0.15, 0.2) is 12.4 Å². The molecule has 1 aromatic rings. The van der Waals surface area contributed by atoms with Crippen molar-refractivity contribution in [1.82, 2.24) is 19.4 Å². The van der Waals surface area contributed by atoms with Gasteiger partial charge in [0.25, 0.3) is 5.91 Å². The molecular weight excluding hydrogens is 304 g/mol. The van der Waals surface area contributed by atoms with Crippen LogP contribution in [0.1, 0.15) is 49.1 Å². The van der Waals surface area contributed by atoms with Crippen LogP contribution in [0.4, 0.5) is 0 Å². The van der Waals surface area contributed by atoms with Crippen LogP contribution in [0.3, 0.4) is 0 Å². The van der Waals surface area contributed by atoms with Gasteiger partial charge in [-0.05, 0) is 43.4 Å². The number of amides is 2. The maximum absolute atomic E-state index is 12.6. The number of nitrogens with zero attached hydrogens (tertiary/aromatic N) is 4. The number of carbonyl (C=O) groups excluding carboxylic acids is 2. The SMILES string of the molecule is Cn1ccnc1C(=O)N1CCC2(CCC(=O)N(CC3CC3)C2)CC1. The van der Waals surface area contributed by atoms with Crippen LogP contribution >= 0.6 is 0 Å². The Kier molecular flexibility index (Phi) is 3.85. The van der Waals surface area contributed by atoms with Crippen molar-refractivity contribution in [2.24, 2.45) is 18.4 Å². The zero-order valence-electron chi connectivity index (χ0n) is 14.4. The lowest BCUT2D eigenvalue weighted by molar-refractivity contribution is -0.139. The Hall–Kier alpha value is -1.85. The van der Waals surface area contributed by atoms with E-state index in [0.717, 1.165) is 51.4 Å². The summed E-state index contributed by atoms with van der Waals surface area (Å²) >= 11 is 0. The number of aryl methyl sites for hydroxylation is 1. The molecule has 1 aromatic heterocycles. The zero-order valence-corrected chi connectivity index (χ0v) is 14.4. The van der Waals surface area contributed by atoms with Gasteiger partial charge < -0.3 is 14.4 Å². The third-order valence-corrected chi connectivity index (χ3v) is 6.05. The Morgan fingerprint density at radius 2 is 2.04 bits per heavy atom. The lowest BCUT2D eigenvalue weighted by Gasteiger charge is -2.47. The summed E-state index contributed by atoms with van der Waals surface area (Å²) in [6.45, 7) is 3.40. The number of piperidine rings is 2. The number of aromatic nitrogens is 2. The second-order valence-electron chi connectivity index (χ2n) is 7.87. The predicted molar refractivity (Wildman–Crippen MR) is 89.3 cm³/mol. The second-order valence-corrected chi connectivity index (χ2v) is 7.87. The van der Waals surface area contributed by atoms with Crippen molar-refractivity contribution in [3.05, 3.63) is 18.2 Å². The Balaban J connectivity index is 1.39. The van der Waals surface area contributed by atoms with E-state index < -0.39 is 0 Å². The van der Waals surface area contributed by atoms with Crippen LogP contribution in [0, 0.1) is 11.3 Å². The van der Waals surface area contributed by atoms with E-state index >= 15 is 0 Å². The number of rotatable bonds is 3. The standard InChI is InChI=1S/C18H26N4O2/c1-20-11-8-19-16(20)17(24)21-9-6-18(7-10-21)5-4-15(23)22(13-18)12-14-2-3-14/h8,11,14H,2-7,9-10,12-13H2,1H3. The third-order valence-electron chi connectivity index (χ3n) is 6.05. The quantitative estimate of drug-likeness (QED) is 0.847. The molecule has 1 saturated carbocycles. The monoisotopic (exact) mass is 330 g/mol. The summed E-state index contributed by atoms with van der Waals surface area (Å²) in [5.74, 6) is 1.62. The number of carbonyl (C=O) groups is 2. The summed E-state index contributed by atoms with van der Waals surface area (Å²) in [4.78, 5) is 33.0. The van der Waals surface area contributed by atoms with Crippen molar-refractivity contribution in [1.29, 1.82) is 0 Å². The van der Waals surface area contributed by atoms with Crippen LogP contribution in [0.5, 0.6) is 0 Å². The van der Waals surface area contributed by atoms with Crippen molar-refractivity contribution >= 4 is 11.8 Å². The molecule has 4 rings (SSSR count). The molecule has 130 valence electrons. The van der Waals surface area contributed by atoms with Crippen molar-refractivity contribution in [2.45, 2.75) is 38.5 Å². The van der Waals surface area contributed by atoms with Gasteiger partial charge in [-0.1, -0.05) is 0 Å². The normalized spacial score (nSPS) is 23.8. The molecule has 1 aliphatic carbocycles. The van der Waals surface area contributed by atoms with E-state index in [1.165, 1.54) is 12.8 Å². The van der Waals surface area contributed by atoms with Crippen molar-refractivity contribution in [2.75, 3.05) is 26.2 Å². The van der Waals surface area contributed by atoms with Crippen LogP contribution in [-0.4, -0.2) is 57.3 Å². The average molecular weight is 330 g/mol. The first kappa shape index (κ1) is 15.7. The van der Waals surface area contributed by atoms with E-state index in [9.17, 15) is 9.59 Å². The summed E-state index contributed by atoms with van der Waals surface area (Å²) in [7, 11) is 1.86. The minimum atomic E-state index is 0.0269. The number of hydrogen-bond donors (Lipinski definition) is 0. The van der Waals surface area contributed by atoms with E-state index in [-0.39, 0.29) is 11.3 Å². The van der Waals surface area contributed by atoms with Gasteiger partial charge in [-0.3, -0.25) is 9.59 Å². The number of imidazole rings is 1. The predicted octanol–water partition coefficient (Wildman–Crippen LogP) is 1.67. The average Bonchev–Trinajstić information content (AvgIpc) is 3.30. The van der Waals surface area contributed by atoms with Gasteiger partial charge in [0, 0.05) is 52.0 Å². The van der Waals surface area contributed by atoms with E-state index in [0.29, 0.717) is 18.2 Å². The van der Waals surface area contributed by atoms with Gasteiger partial charge in [0.2, 0.25) is 5.91 Å². The van der Waals surface area contributed by atoms with Crippen LogP contribution in [-0.2, 0) is 11.8 Å². The molecule has 3 heterocycles. The molecule has 0 bridgehead atoms. The summed E-state index contributed by atoms with van der Waals surface area (Å²) < 4.78 is 1.78. The summed E-state index contributed by atoms with van der Waals surface area (Å²) in [5.41, 5.74) is 0.223. The molecule has 0 unspecified atom stereocenters. The summed E-state index contributed by atoms with van der Waals surface area (Å²) in [6.07, 6.45) is 9.69. The minimum absolute atomic E-state index is 0.0269. The first-order chi connectivity index (χ1) is 11.6. The second kappa shape index (κ2) is 5.90. The first-order valence-electron chi connectivity index (χ1n) is 9.11. The van der Waals surface area contributed by atoms with E-state index in [2.05, 4.69) is 9.88 Å². The highest BCUT2D eigenvalue weighted by molar-refractivity contribution is 5.90. The molecule has 2 aliphatic heterocycles. The molecule has 0 aromatic carbocycles. The molecular formula is C18H26N4O2. The lowest BCUT2D eigenvalue weighted by Crippen LogP contribution is -2.52. The molecule has 2 saturated heterocycles. The van der Waals surface area contributed by atoms with Gasteiger partial charge >= 0.3 is 0 Å². The fraction of sp³-hybridized carbons (Fsp3) is 0.722. The highest BCUT2D eigenvalue weighted by Gasteiger charge is 2.43. The molecule has 0 atom stereocenters. The van der Waals surface area contributed by atoms with Crippen LogP contribution < -0.4 is 0 Å². The van der Waals surface area contributed by atoms with Gasteiger partial charge in [-0.25, -0.2) is 4.98 Å². The molecule has 24 heavy (non-hydrogen) atoms. The van der Waals surface area contributed by atoms with Crippen molar-refractivity contribution in [3.8, 4) is 0 Å². The molecule has 2 amide bonds. The summed E-state index contributed by atoms with van der Waals surface area (Å²) in [6, 6.07) is 0. The maximum atomic E-state index is 12.6. The highest BCUT2D eigenvalue weighted by Crippen LogP contribution is 2.41. The highest BCUT2D eigenvalue weighted by atomic mass is 16.2. The molecule has 3 aliphatic rings. The van der Waals surface area contributed by atoms with E-state index in [1.807, 2.05) is 11.9 Å². The van der Waals surface area contributed by atoms with E-state index in [1.54, 1.807) is 17.0 Å². The number of likely N-dealkylation sites (tertiary alicyclic amines) is 2. The molecule has 6 heteroatoms. The van der Waals surface area contributed by atoms with Gasteiger partial charge in [0.05, 0.1) is 0 Å². The van der Waals surface area contributed by atoms with Crippen LogP contribution in [0.25, 0.3) is 0 Å². The third kappa shape index (κ3) is 2.94. The Bertz CT molecular complexity index is 641. The van der Waals surface area contributed by atoms with E-state index in [4.69, 9.17) is 0 Å². The van der Waals surface area contributed by atoms with Crippen molar-refractivity contribution in [3.63, 3.8) is 0 Å². The first-order valence-corrected chi connectivity index (χ1v) is 9.11. The zero-order chi connectivity index (χ0) is 16.7.